The molecule has 0 saturated carbocycles. The number of nitrogens with two attached hydrogens (primary N) is 1. The summed E-state index contributed by atoms with van der Waals surface area (Å²) in [5, 5.41) is 2.45. The number of benzene rings is 1. The van der Waals surface area contributed by atoms with Crippen LogP contribution in [0.3, 0.4) is 0 Å². The topological polar surface area (TPSA) is 109 Å². The van der Waals surface area contributed by atoms with Gasteiger partial charge in [0.25, 0.3) is 10.1 Å². The lowest BCUT2D eigenvalue weighted by molar-refractivity contribution is -0.113. The Morgan fingerprint density at radius 3 is 2.59 bits per heavy atom. The SMILES string of the molecule is Cc1c(NC(=O)CCl)ccc(S(=O)(=O)O)c1N. The number of hydrogen-bond donors (Lipinski definition) is 3. The predicted octanol–water partition coefficient (Wildman–Crippen LogP) is 1.00. The van der Waals surface area contributed by atoms with Gasteiger partial charge in [0.2, 0.25) is 5.91 Å². The lowest BCUT2D eigenvalue weighted by Crippen LogP contribution is -2.15. The van der Waals surface area contributed by atoms with E-state index in [1.165, 1.54) is 13.0 Å². The molecule has 1 rings (SSSR count). The van der Waals surface area contributed by atoms with Gasteiger partial charge >= 0.3 is 0 Å². The Hall–Kier alpha value is -1.31. The Morgan fingerprint density at radius 1 is 1.53 bits per heavy atom. The Balaban J connectivity index is 3.25. The number of amides is 1. The van der Waals surface area contributed by atoms with Gasteiger partial charge in [-0.3, -0.25) is 9.35 Å². The summed E-state index contributed by atoms with van der Waals surface area (Å²) in [4.78, 5) is 10.7. The van der Waals surface area contributed by atoms with E-state index in [4.69, 9.17) is 21.9 Å². The molecule has 17 heavy (non-hydrogen) atoms. The molecule has 0 spiro atoms. The second-order valence-electron chi connectivity index (χ2n) is 3.31. The van der Waals surface area contributed by atoms with Crippen LogP contribution in [0.4, 0.5) is 11.4 Å². The van der Waals surface area contributed by atoms with Crippen molar-refractivity contribution in [2.75, 3.05) is 16.9 Å². The maximum atomic E-state index is 11.1. The highest BCUT2D eigenvalue weighted by atomic mass is 35.5. The average Bonchev–Trinajstić information content (AvgIpc) is 2.22. The molecule has 0 unspecified atom stereocenters. The molecule has 1 aromatic carbocycles. The number of carbonyl (C=O) groups is 1. The summed E-state index contributed by atoms with van der Waals surface area (Å²) in [6.45, 7) is 1.52. The highest BCUT2D eigenvalue weighted by Crippen LogP contribution is 2.28. The number of nitrogen functional groups attached to an aromatic ring is 1. The predicted molar refractivity (Wildman–Crippen MR) is 64.8 cm³/mol. The summed E-state index contributed by atoms with van der Waals surface area (Å²) in [5.74, 6) is -0.659. The molecular formula is C9H11ClN2O4S. The summed E-state index contributed by atoms with van der Waals surface area (Å²) >= 11 is 5.32. The molecular weight excluding hydrogens is 268 g/mol. The second kappa shape index (κ2) is 4.91. The zero-order chi connectivity index (χ0) is 13.2. The van der Waals surface area contributed by atoms with Gasteiger partial charge in [0.05, 0.1) is 5.69 Å². The van der Waals surface area contributed by atoms with Crippen molar-refractivity contribution in [3.05, 3.63) is 17.7 Å². The van der Waals surface area contributed by atoms with Gasteiger partial charge in [0.1, 0.15) is 10.8 Å². The quantitative estimate of drug-likeness (QED) is 0.434. The van der Waals surface area contributed by atoms with E-state index >= 15 is 0 Å². The molecule has 94 valence electrons. The van der Waals surface area contributed by atoms with Gasteiger partial charge in [-0.25, -0.2) is 0 Å². The summed E-state index contributed by atoms with van der Waals surface area (Å²) in [7, 11) is -4.37. The number of alkyl halides is 1. The molecule has 0 atom stereocenters. The van der Waals surface area contributed by atoms with Crippen LogP contribution in [0, 0.1) is 6.92 Å². The largest absolute Gasteiger partial charge is 0.397 e. The van der Waals surface area contributed by atoms with Gasteiger partial charge in [-0.2, -0.15) is 8.42 Å². The number of halogens is 1. The third-order valence-electron chi connectivity index (χ3n) is 2.15. The first-order chi connectivity index (χ1) is 7.77. The first-order valence-corrected chi connectivity index (χ1v) is 6.47. The minimum atomic E-state index is -4.37. The molecule has 4 N–H and O–H groups in total. The van der Waals surface area contributed by atoms with Crippen LogP contribution in [0.5, 0.6) is 0 Å². The smallest absolute Gasteiger partial charge is 0.296 e. The fourth-order valence-corrected chi connectivity index (χ4v) is 1.99. The van der Waals surface area contributed by atoms with Crippen LogP contribution in [0.2, 0.25) is 0 Å². The average molecular weight is 279 g/mol. The van der Waals surface area contributed by atoms with Crippen molar-refractivity contribution in [3.8, 4) is 0 Å². The van der Waals surface area contributed by atoms with E-state index in [0.717, 1.165) is 6.07 Å². The fourth-order valence-electron chi connectivity index (χ4n) is 1.25. The van der Waals surface area contributed by atoms with E-state index in [1.807, 2.05) is 0 Å². The Bertz CT molecular complexity index is 556. The number of anilines is 2. The third-order valence-corrected chi connectivity index (χ3v) is 3.30. The summed E-state index contributed by atoms with van der Waals surface area (Å²) in [5.41, 5.74) is 6.15. The van der Waals surface area contributed by atoms with Crippen LogP contribution in [-0.4, -0.2) is 24.8 Å². The second-order valence-corrected chi connectivity index (χ2v) is 4.96. The molecule has 0 radical (unpaired) electrons. The van der Waals surface area contributed by atoms with Crippen LogP contribution in [-0.2, 0) is 14.9 Å². The zero-order valence-corrected chi connectivity index (χ0v) is 10.5. The molecule has 0 bridgehead atoms. The van der Waals surface area contributed by atoms with Crippen molar-refractivity contribution in [1.82, 2.24) is 0 Å². The number of hydrogen-bond acceptors (Lipinski definition) is 4. The van der Waals surface area contributed by atoms with Gasteiger partial charge in [-0.1, -0.05) is 0 Å². The van der Waals surface area contributed by atoms with E-state index in [2.05, 4.69) is 5.32 Å². The Kier molecular flexibility index (Phi) is 3.97. The Morgan fingerprint density at radius 2 is 2.12 bits per heavy atom. The van der Waals surface area contributed by atoms with Crippen molar-refractivity contribution >= 4 is 39.0 Å². The van der Waals surface area contributed by atoms with Crippen molar-refractivity contribution in [3.63, 3.8) is 0 Å². The van der Waals surface area contributed by atoms with Crippen molar-refractivity contribution < 1.29 is 17.8 Å². The highest BCUT2D eigenvalue weighted by Gasteiger charge is 2.17. The molecule has 0 heterocycles. The van der Waals surface area contributed by atoms with Crippen LogP contribution >= 0.6 is 11.6 Å². The molecule has 0 fully saturated rings. The molecule has 0 aliphatic carbocycles. The highest BCUT2D eigenvalue weighted by molar-refractivity contribution is 7.86. The van der Waals surface area contributed by atoms with Gasteiger partial charge in [0.15, 0.2) is 0 Å². The van der Waals surface area contributed by atoms with Crippen LogP contribution in [0.15, 0.2) is 17.0 Å². The molecule has 1 amide bonds. The number of rotatable bonds is 3. The van der Waals surface area contributed by atoms with E-state index in [1.54, 1.807) is 0 Å². The third kappa shape index (κ3) is 3.09. The van der Waals surface area contributed by atoms with Crippen molar-refractivity contribution in [2.45, 2.75) is 11.8 Å². The summed E-state index contributed by atoms with van der Waals surface area (Å²) in [6.07, 6.45) is 0. The lowest BCUT2D eigenvalue weighted by Gasteiger charge is -2.11. The van der Waals surface area contributed by atoms with Gasteiger partial charge in [0, 0.05) is 5.69 Å². The maximum absolute atomic E-state index is 11.1. The number of nitrogens with one attached hydrogen (secondary N) is 1. The lowest BCUT2D eigenvalue weighted by atomic mass is 10.1. The van der Waals surface area contributed by atoms with Crippen LogP contribution in [0.25, 0.3) is 0 Å². The van der Waals surface area contributed by atoms with Crippen LogP contribution < -0.4 is 11.1 Å². The van der Waals surface area contributed by atoms with Crippen molar-refractivity contribution in [1.29, 1.82) is 0 Å². The molecule has 0 aliphatic rings. The summed E-state index contributed by atoms with van der Waals surface area (Å²) < 4.78 is 30.8. The minimum Gasteiger partial charge on any atom is -0.397 e. The molecule has 6 nitrogen and oxygen atoms in total. The molecule has 0 aromatic heterocycles. The van der Waals surface area contributed by atoms with E-state index < -0.39 is 16.0 Å². The van der Waals surface area contributed by atoms with Gasteiger partial charge in [-0.05, 0) is 24.6 Å². The molecule has 8 heteroatoms. The van der Waals surface area contributed by atoms with Gasteiger partial charge in [-0.15, -0.1) is 11.6 Å². The van der Waals surface area contributed by atoms with Crippen molar-refractivity contribution in [2.24, 2.45) is 0 Å². The maximum Gasteiger partial charge on any atom is 0.296 e. The van der Waals surface area contributed by atoms with E-state index in [9.17, 15) is 13.2 Å². The molecule has 0 saturated heterocycles. The van der Waals surface area contributed by atoms with E-state index in [-0.39, 0.29) is 16.5 Å². The van der Waals surface area contributed by atoms with E-state index in [0.29, 0.717) is 11.3 Å². The summed E-state index contributed by atoms with van der Waals surface area (Å²) in [6, 6.07) is 2.45. The molecule has 1 aromatic rings. The zero-order valence-electron chi connectivity index (χ0n) is 8.90. The Labute approximate surface area is 104 Å². The van der Waals surface area contributed by atoms with Gasteiger partial charge < -0.3 is 11.1 Å². The minimum absolute atomic E-state index is 0.111. The number of carbonyl (C=O) groups excluding carboxylic acids is 1. The molecule has 0 aliphatic heterocycles. The fraction of sp³-hybridized carbons (Fsp3) is 0.222. The first kappa shape index (κ1) is 13.8. The normalized spacial score (nSPS) is 11.2. The monoisotopic (exact) mass is 278 g/mol. The standard InChI is InChI=1S/C9H11ClN2O4S/c1-5-6(12-8(13)4-10)2-3-7(9(5)11)17(14,15)16/h2-3H,4,11H2,1H3,(H,12,13)(H,14,15,16). The first-order valence-electron chi connectivity index (χ1n) is 4.49. The van der Waals surface area contributed by atoms with Crippen LogP contribution in [0.1, 0.15) is 5.56 Å².